The molecule has 3 rings (SSSR count). The van der Waals surface area contributed by atoms with Gasteiger partial charge in [-0.25, -0.2) is 0 Å². The van der Waals surface area contributed by atoms with E-state index < -0.39 is 5.91 Å². The number of nitrogens with one attached hydrogen (secondary N) is 1. The quantitative estimate of drug-likeness (QED) is 0.700. The van der Waals surface area contributed by atoms with Crippen molar-refractivity contribution in [2.45, 2.75) is 19.8 Å². The molecule has 6 heteroatoms. The van der Waals surface area contributed by atoms with E-state index >= 15 is 0 Å². The number of ether oxygens (including phenoxy) is 2. The van der Waals surface area contributed by atoms with Crippen molar-refractivity contribution in [3.05, 3.63) is 70.9 Å². The van der Waals surface area contributed by atoms with E-state index in [9.17, 15) is 4.79 Å². The first kappa shape index (κ1) is 18.5. The van der Waals surface area contributed by atoms with E-state index in [1.165, 1.54) is 19.8 Å². The first-order valence-corrected chi connectivity index (χ1v) is 8.59. The normalized spacial score (nSPS) is 11.7. The average Bonchev–Trinajstić information content (AvgIpc) is 3.15. The smallest absolute Gasteiger partial charge is 0.265 e. The molecule has 140 valence electrons. The highest BCUT2D eigenvalue weighted by Gasteiger charge is 2.21. The van der Waals surface area contributed by atoms with Crippen LogP contribution in [0.5, 0.6) is 11.5 Å². The van der Waals surface area contributed by atoms with Crippen molar-refractivity contribution in [3.63, 3.8) is 0 Å². The molecule has 0 bridgehead atoms. The fraction of sp³-hybridized carbons (Fsp3) is 0.238. The minimum absolute atomic E-state index is 0.0430. The number of benzene rings is 2. The predicted molar refractivity (Wildman–Crippen MR) is 103 cm³/mol. The van der Waals surface area contributed by atoms with Gasteiger partial charge in [-0.15, -0.1) is 0 Å². The van der Waals surface area contributed by atoms with Crippen molar-refractivity contribution in [2.75, 3.05) is 19.5 Å². The third-order valence-corrected chi connectivity index (χ3v) is 4.52. The SMILES string of the molecule is COc1cccc(OC)c1C(=O)Nc1cc(C(C)c2ccccc2C)no1. The van der Waals surface area contributed by atoms with Crippen LogP contribution in [0.25, 0.3) is 0 Å². The van der Waals surface area contributed by atoms with E-state index in [-0.39, 0.29) is 11.8 Å². The summed E-state index contributed by atoms with van der Waals surface area (Å²) in [5.74, 6) is 0.750. The largest absolute Gasteiger partial charge is 0.496 e. The van der Waals surface area contributed by atoms with Crippen LogP contribution in [0.2, 0.25) is 0 Å². The van der Waals surface area contributed by atoms with Crippen molar-refractivity contribution in [1.82, 2.24) is 5.16 Å². The highest BCUT2D eigenvalue weighted by Crippen LogP contribution is 2.30. The maximum atomic E-state index is 12.7. The molecule has 6 nitrogen and oxygen atoms in total. The van der Waals surface area contributed by atoms with Crippen molar-refractivity contribution in [3.8, 4) is 11.5 Å². The lowest BCUT2D eigenvalue weighted by atomic mass is 9.94. The highest BCUT2D eigenvalue weighted by molar-refractivity contribution is 6.07. The van der Waals surface area contributed by atoms with Gasteiger partial charge in [0.2, 0.25) is 5.88 Å². The maximum absolute atomic E-state index is 12.7. The number of methoxy groups -OCH3 is 2. The fourth-order valence-electron chi connectivity index (χ4n) is 3.03. The van der Waals surface area contributed by atoms with E-state index in [4.69, 9.17) is 14.0 Å². The molecule has 0 saturated carbocycles. The zero-order chi connectivity index (χ0) is 19.4. The first-order chi connectivity index (χ1) is 13.0. The van der Waals surface area contributed by atoms with Crippen molar-refractivity contribution >= 4 is 11.8 Å². The van der Waals surface area contributed by atoms with Crippen LogP contribution in [-0.2, 0) is 0 Å². The van der Waals surface area contributed by atoms with E-state index in [0.29, 0.717) is 17.1 Å². The molecule has 0 aliphatic carbocycles. The van der Waals surface area contributed by atoms with Gasteiger partial charge >= 0.3 is 0 Å². The molecule has 1 N–H and O–H groups in total. The molecule has 0 radical (unpaired) electrons. The van der Waals surface area contributed by atoms with E-state index in [1.54, 1.807) is 24.3 Å². The minimum atomic E-state index is -0.393. The Morgan fingerprint density at radius 2 is 1.74 bits per heavy atom. The minimum Gasteiger partial charge on any atom is -0.496 e. The van der Waals surface area contributed by atoms with Gasteiger partial charge in [0.25, 0.3) is 5.91 Å². The Hall–Kier alpha value is -3.28. The summed E-state index contributed by atoms with van der Waals surface area (Å²) < 4.78 is 15.9. The number of aromatic nitrogens is 1. The summed E-state index contributed by atoms with van der Waals surface area (Å²) in [5.41, 5.74) is 3.38. The molecule has 1 amide bonds. The van der Waals surface area contributed by atoms with Crippen LogP contribution < -0.4 is 14.8 Å². The monoisotopic (exact) mass is 366 g/mol. The molecule has 27 heavy (non-hydrogen) atoms. The molecular formula is C21H22N2O4. The number of hydrogen-bond acceptors (Lipinski definition) is 5. The number of hydrogen-bond donors (Lipinski definition) is 1. The lowest BCUT2D eigenvalue weighted by Crippen LogP contribution is -2.14. The Labute approximate surface area is 158 Å². The summed E-state index contributed by atoms with van der Waals surface area (Å²) >= 11 is 0. The molecule has 0 spiro atoms. The standard InChI is InChI=1S/C21H22N2O4/c1-13-8-5-6-9-15(13)14(2)16-12-19(27-23-16)22-21(24)20-17(25-3)10-7-11-18(20)26-4/h5-12,14H,1-4H3,(H,22,24). The average molecular weight is 366 g/mol. The lowest BCUT2D eigenvalue weighted by Gasteiger charge is -2.12. The van der Waals surface area contributed by atoms with Gasteiger partial charge < -0.3 is 14.0 Å². The molecule has 1 aromatic heterocycles. The van der Waals surface area contributed by atoms with Crippen LogP contribution in [0.3, 0.4) is 0 Å². The number of nitrogens with zero attached hydrogens (tertiary/aromatic N) is 1. The Morgan fingerprint density at radius 3 is 2.37 bits per heavy atom. The number of carbonyl (C=O) groups is 1. The second-order valence-corrected chi connectivity index (χ2v) is 6.19. The zero-order valence-electron chi connectivity index (χ0n) is 15.8. The molecular weight excluding hydrogens is 344 g/mol. The van der Waals surface area contributed by atoms with Gasteiger partial charge in [0.1, 0.15) is 17.1 Å². The fourth-order valence-corrected chi connectivity index (χ4v) is 3.03. The van der Waals surface area contributed by atoms with Crippen molar-refractivity contribution in [2.24, 2.45) is 0 Å². The molecule has 2 aromatic carbocycles. The van der Waals surface area contributed by atoms with Gasteiger partial charge in [0, 0.05) is 12.0 Å². The summed E-state index contributed by atoms with van der Waals surface area (Å²) in [6, 6.07) is 15.0. The van der Waals surface area contributed by atoms with Crippen LogP contribution in [0.1, 0.15) is 40.0 Å². The summed E-state index contributed by atoms with van der Waals surface area (Å²) in [4.78, 5) is 12.7. The second kappa shape index (κ2) is 7.95. The van der Waals surface area contributed by atoms with Crippen LogP contribution in [0, 0.1) is 6.92 Å². The highest BCUT2D eigenvalue weighted by atomic mass is 16.5. The van der Waals surface area contributed by atoms with Crippen LogP contribution >= 0.6 is 0 Å². The van der Waals surface area contributed by atoms with Crippen LogP contribution in [0.15, 0.2) is 53.1 Å². The van der Waals surface area contributed by atoms with Crippen LogP contribution in [-0.4, -0.2) is 25.3 Å². The summed E-state index contributed by atoms with van der Waals surface area (Å²) in [7, 11) is 3.00. The van der Waals surface area contributed by atoms with Crippen molar-refractivity contribution in [1.29, 1.82) is 0 Å². The molecule has 1 atom stereocenters. The molecule has 1 unspecified atom stereocenters. The number of carbonyl (C=O) groups excluding carboxylic acids is 1. The third-order valence-electron chi connectivity index (χ3n) is 4.52. The second-order valence-electron chi connectivity index (χ2n) is 6.19. The number of amides is 1. The molecule has 0 fully saturated rings. The third kappa shape index (κ3) is 3.79. The predicted octanol–water partition coefficient (Wildman–Crippen LogP) is 4.40. The van der Waals surface area contributed by atoms with Crippen LogP contribution in [0.4, 0.5) is 5.88 Å². The van der Waals surface area contributed by atoms with Gasteiger partial charge in [-0.3, -0.25) is 10.1 Å². The van der Waals surface area contributed by atoms with Gasteiger partial charge in [-0.2, -0.15) is 0 Å². The lowest BCUT2D eigenvalue weighted by molar-refractivity contribution is 0.101. The Bertz CT molecular complexity index is 927. The number of anilines is 1. The molecule has 0 aliphatic rings. The van der Waals surface area contributed by atoms with Crippen molar-refractivity contribution < 1.29 is 18.8 Å². The Morgan fingerprint density at radius 1 is 1.07 bits per heavy atom. The van der Waals surface area contributed by atoms with E-state index in [2.05, 4.69) is 36.5 Å². The van der Waals surface area contributed by atoms with E-state index in [1.807, 2.05) is 12.1 Å². The molecule has 1 heterocycles. The van der Waals surface area contributed by atoms with Gasteiger partial charge in [-0.05, 0) is 30.2 Å². The van der Waals surface area contributed by atoms with Gasteiger partial charge in [-0.1, -0.05) is 42.4 Å². The molecule has 3 aromatic rings. The topological polar surface area (TPSA) is 73.6 Å². The summed E-state index contributed by atoms with van der Waals surface area (Å²) in [6.45, 7) is 4.11. The van der Waals surface area contributed by atoms with E-state index in [0.717, 1.165) is 11.3 Å². The Kier molecular flexibility index (Phi) is 5.45. The number of rotatable bonds is 6. The molecule has 0 aliphatic heterocycles. The number of aryl methyl sites for hydroxylation is 1. The summed E-state index contributed by atoms with van der Waals surface area (Å²) in [6.07, 6.45) is 0. The van der Waals surface area contributed by atoms with Gasteiger partial charge in [0.15, 0.2) is 0 Å². The van der Waals surface area contributed by atoms with Gasteiger partial charge in [0.05, 0.1) is 19.9 Å². The maximum Gasteiger partial charge on any atom is 0.265 e. The first-order valence-electron chi connectivity index (χ1n) is 8.59. The Balaban J connectivity index is 1.83. The molecule has 0 saturated heterocycles. The zero-order valence-corrected chi connectivity index (χ0v) is 15.8. The summed E-state index contributed by atoms with van der Waals surface area (Å²) in [5, 5.41) is 6.83.